The lowest BCUT2D eigenvalue weighted by molar-refractivity contribution is -0.137. The third kappa shape index (κ3) is 4.20. The fourth-order valence-corrected chi connectivity index (χ4v) is 3.59. The molecule has 0 aliphatic carbocycles. The van der Waals surface area contributed by atoms with E-state index in [1.54, 1.807) is 0 Å². The Labute approximate surface area is 130 Å². The van der Waals surface area contributed by atoms with Crippen LogP contribution in [0.2, 0.25) is 5.02 Å². The number of alkyl halides is 3. The van der Waals surface area contributed by atoms with E-state index in [0.717, 1.165) is 0 Å². The van der Waals surface area contributed by atoms with Gasteiger partial charge in [-0.25, -0.2) is 4.39 Å². The first-order valence-corrected chi connectivity index (χ1v) is 8.26. The number of halogens is 5. The van der Waals surface area contributed by atoms with Crippen molar-refractivity contribution >= 4 is 19.2 Å². The summed E-state index contributed by atoms with van der Waals surface area (Å²) in [7, 11) is -4.04. The van der Waals surface area contributed by atoms with E-state index in [1.165, 1.54) is 13.8 Å². The fourth-order valence-electron chi connectivity index (χ4n) is 1.72. The van der Waals surface area contributed by atoms with Crippen molar-refractivity contribution in [3.8, 4) is 0 Å². The number of benzene rings is 1. The van der Waals surface area contributed by atoms with E-state index in [1.807, 2.05) is 0 Å². The lowest BCUT2D eigenvalue weighted by Crippen LogP contribution is -2.18. The predicted molar refractivity (Wildman–Crippen MR) is 74.2 cm³/mol. The molecule has 1 aromatic rings. The summed E-state index contributed by atoms with van der Waals surface area (Å²) in [5.74, 6) is -2.92. The van der Waals surface area contributed by atoms with E-state index in [2.05, 4.69) is 0 Å². The SMILES string of the molecule is CCOP(=O)(OCC)[C@@H](N)c1cc(C(F)(F)F)cc(Cl)c1F. The van der Waals surface area contributed by atoms with Crippen molar-refractivity contribution in [3.05, 3.63) is 34.1 Å². The molecule has 0 spiro atoms. The van der Waals surface area contributed by atoms with Crippen LogP contribution >= 0.6 is 19.2 Å². The van der Waals surface area contributed by atoms with Crippen LogP contribution in [0.25, 0.3) is 0 Å². The quantitative estimate of drug-likeness (QED) is 0.586. The molecule has 0 aliphatic heterocycles. The van der Waals surface area contributed by atoms with Crippen LogP contribution in [0.1, 0.15) is 30.8 Å². The van der Waals surface area contributed by atoms with Crippen LogP contribution in [0.5, 0.6) is 0 Å². The summed E-state index contributed by atoms with van der Waals surface area (Å²) in [4.78, 5) is 0. The fraction of sp³-hybridized carbons (Fsp3) is 0.500. The Bertz CT molecular complexity index is 572. The van der Waals surface area contributed by atoms with Gasteiger partial charge in [-0.3, -0.25) is 4.57 Å². The Kier molecular flexibility index (Phi) is 6.41. The van der Waals surface area contributed by atoms with E-state index in [0.29, 0.717) is 12.1 Å². The van der Waals surface area contributed by atoms with Gasteiger partial charge in [0.05, 0.1) is 23.8 Å². The highest BCUT2D eigenvalue weighted by molar-refractivity contribution is 7.54. The summed E-state index contributed by atoms with van der Waals surface area (Å²) in [6.45, 7) is 2.85. The summed E-state index contributed by atoms with van der Waals surface area (Å²) in [6, 6.07) is 0.885. The van der Waals surface area contributed by atoms with Gasteiger partial charge in [-0.1, -0.05) is 11.6 Å². The van der Waals surface area contributed by atoms with E-state index < -0.39 is 41.5 Å². The minimum Gasteiger partial charge on any atom is -0.314 e. The minimum atomic E-state index is -4.76. The van der Waals surface area contributed by atoms with Gasteiger partial charge in [-0.15, -0.1) is 0 Å². The monoisotopic (exact) mass is 363 g/mol. The van der Waals surface area contributed by atoms with Crippen LogP contribution in [0.4, 0.5) is 17.6 Å². The first-order valence-electron chi connectivity index (χ1n) is 6.27. The lowest BCUT2D eigenvalue weighted by atomic mass is 10.1. The van der Waals surface area contributed by atoms with Gasteiger partial charge >= 0.3 is 13.8 Å². The average molecular weight is 364 g/mol. The summed E-state index contributed by atoms with van der Waals surface area (Å²) >= 11 is 5.47. The molecule has 0 heterocycles. The second-order valence-electron chi connectivity index (χ2n) is 4.18. The zero-order chi connectivity index (χ0) is 17.1. The summed E-state index contributed by atoms with van der Waals surface area (Å²) in [5, 5.41) is -0.778. The summed E-state index contributed by atoms with van der Waals surface area (Å²) < 4.78 is 74.7. The van der Waals surface area contributed by atoms with Gasteiger partial charge in [0.15, 0.2) is 0 Å². The Morgan fingerprint density at radius 2 is 1.77 bits per heavy atom. The Morgan fingerprint density at radius 1 is 1.27 bits per heavy atom. The molecule has 0 bridgehead atoms. The van der Waals surface area contributed by atoms with Gasteiger partial charge in [-0.2, -0.15) is 13.2 Å². The molecule has 0 amide bonds. The first kappa shape index (κ1) is 19.4. The van der Waals surface area contributed by atoms with Gasteiger partial charge in [-0.05, 0) is 26.0 Å². The molecule has 10 heteroatoms. The molecule has 0 fully saturated rings. The molecule has 2 N–H and O–H groups in total. The van der Waals surface area contributed by atoms with Crippen LogP contribution in [-0.2, 0) is 19.8 Å². The highest BCUT2D eigenvalue weighted by atomic mass is 35.5. The van der Waals surface area contributed by atoms with Crippen molar-refractivity contribution < 1.29 is 31.2 Å². The molecule has 0 aromatic heterocycles. The standard InChI is InChI=1S/C12H15ClF4NO3P/c1-3-20-22(19,21-4-2)11(18)8-5-7(12(15,16)17)6-9(13)10(8)14/h5-6,11H,3-4,18H2,1-2H3/t11-/m1/s1. The van der Waals surface area contributed by atoms with Crippen LogP contribution in [0, 0.1) is 5.82 Å². The summed E-state index contributed by atoms with van der Waals surface area (Å²) in [6.07, 6.45) is -4.76. The normalized spacial score (nSPS) is 14.2. The van der Waals surface area contributed by atoms with Crippen LogP contribution in [0.15, 0.2) is 12.1 Å². The van der Waals surface area contributed by atoms with E-state index in [9.17, 15) is 22.1 Å². The molecule has 1 rings (SSSR count). The van der Waals surface area contributed by atoms with Crippen molar-refractivity contribution in [2.75, 3.05) is 13.2 Å². The highest BCUT2D eigenvalue weighted by Crippen LogP contribution is 2.59. The topological polar surface area (TPSA) is 61.5 Å². The second kappa shape index (κ2) is 7.27. The van der Waals surface area contributed by atoms with Gasteiger partial charge in [0, 0.05) is 5.56 Å². The molecule has 0 aliphatic rings. The van der Waals surface area contributed by atoms with E-state index in [4.69, 9.17) is 26.4 Å². The van der Waals surface area contributed by atoms with Gasteiger partial charge in [0.2, 0.25) is 0 Å². The maximum Gasteiger partial charge on any atom is 0.416 e. The van der Waals surface area contributed by atoms with Crippen LogP contribution in [-0.4, -0.2) is 13.2 Å². The van der Waals surface area contributed by atoms with E-state index >= 15 is 0 Å². The molecule has 0 radical (unpaired) electrons. The molecular formula is C12H15ClF4NO3P. The molecule has 126 valence electrons. The Morgan fingerprint density at radius 3 is 2.18 bits per heavy atom. The maximum absolute atomic E-state index is 14.0. The third-order valence-electron chi connectivity index (χ3n) is 2.66. The zero-order valence-corrected chi connectivity index (χ0v) is 13.4. The van der Waals surface area contributed by atoms with Crippen LogP contribution < -0.4 is 5.73 Å². The molecule has 0 unspecified atom stereocenters. The summed E-state index contributed by atoms with van der Waals surface area (Å²) in [5.41, 5.74) is 3.77. The maximum atomic E-state index is 14.0. The number of hydrogen-bond acceptors (Lipinski definition) is 4. The minimum absolute atomic E-state index is 0.0701. The number of nitrogens with two attached hydrogens (primary N) is 1. The molecule has 1 aromatic carbocycles. The molecule has 0 saturated carbocycles. The number of hydrogen-bond donors (Lipinski definition) is 1. The first-order chi connectivity index (χ1) is 10.1. The Hall–Kier alpha value is -0.660. The Balaban J connectivity index is 3.40. The molecular weight excluding hydrogens is 349 g/mol. The zero-order valence-electron chi connectivity index (χ0n) is 11.8. The van der Waals surface area contributed by atoms with Crippen molar-refractivity contribution in [3.63, 3.8) is 0 Å². The van der Waals surface area contributed by atoms with Gasteiger partial charge in [0.1, 0.15) is 11.6 Å². The highest BCUT2D eigenvalue weighted by Gasteiger charge is 2.39. The van der Waals surface area contributed by atoms with Crippen molar-refractivity contribution in [2.45, 2.75) is 25.8 Å². The molecule has 1 atom stereocenters. The van der Waals surface area contributed by atoms with Crippen LogP contribution in [0.3, 0.4) is 0 Å². The van der Waals surface area contributed by atoms with Crippen molar-refractivity contribution in [2.24, 2.45) is 5.73 Å². The molecule has 4 nitrogen and oxygen atoms in total. The third-order valence-corrected chi connectivity index (χ3v) is 5.13. The van der Waals surface area contributed by atoms with Crippen molar-refractivity contribution in [1.29, 1.82) is 0 Å². The number of rotatable bonds is 6. The van der Waals surface area contributed by atoms with Gasteiger partial charge < -0.3 is 14.8 Å². The molecule has 22 heavy (non-hydrogen) atoms. The second-order valence-corrected chi connectivity index (χ2v) is 6.74. The molecule has 0 saturated heterocycles. The largest absolute Gasteiger partial charge is 0.416 e. The average Bonchev–Trinajstić information content (AvgIpc) is 2.40. The lowest BCUT2D eigenvalue weighted by Gasteiger charge is -2.24. The van der Waals surface area contributed by atoms with Gasteiger partial charge in [0.25, 0.3) is 0 Å². The predicted octanol–water partition coefficient (Wildman–Crippen LogP) is 4.72. The van der Waals surface area contributed by atoms with Crippen molar-refractivity contribution in [1.82, 2.24) is 0 Å². The smallest absolute Gasteiger partial charge is 0.314 e. The van der Waals surface area contributed by atoms with E-state index in [-0.39, 0.29) is 13.2 Å².